The summed E-state index contributed by atoms with van der Waals surface area (Å²) in [4.78, 5) is 2.65. The summed E-state index contributed by atoms with van der Waals surface area (Å²) in [6.45, 7) is 1.60. The molecule has 1 aromatic carbocycles. The van der Waals surface area contributed by atoms with Crippen LogP contribution in [-0.2, 0) is 15.4 Å². The van der Waals surface area contributed by atoms with Crippen molar-refractivity contribution in [3.63, 3.8) is 0 Å². The van der Waals surface area contributed by atoms with Gasteiger partial charge in [0.15, 0.2) is 0 Å². The average Bonchev–Trinajstić information content (AvgIpc) is 2.79. The van der Waals surface area contributed by atoms with Crippen LogP contribution in [0.5, 0.6) is 0 Å². The van der Waals surface area contributed by atoms with Gasteiger partial charge in [0.05, 0.1) is 35.4 Å². The molecule has 0 saturated heterocycles. The van der Waals surface area contributed by atoms with Gasteiger partial charge in [0.2, 0.25) is 10.0 Å². The monoisotopic (exact) mass is 315 g/mol. The van der Waals surface area contributed by atoms with Crippen molar-refractivity contribution in [2.24, 2.45) is 0 Å². The molecular weight excluding hydrogens is 298 g/mol. The molecule has 1 heterocycles. The van der Waals surface area contributed by atoms with Gasteiger partial charge in [-0.05, 0) is 18.6 Å². The van der Waals surface area contributed by atoms with Crippen molar-refractivity contribution in [3.05, 3.63) is 54.1 Å². The zero-order valence-electron chi connectivity index (χ0n) is 12.2. The third-order valence-electron chi connectivity index (χ3n) is 4.26. The van der Waals surface area contributed by atoms with Gasteiger partial charge in [-0.15, -0.1) is 4.83 Å². The highest BCUT2D eigenvalue weighted by Crippen LogP contribution is 2.49. The molecular formula is C16H17N3O2S. The van der Waals surface area contributed by atoms with Crippen LogP contribution in [0.15, 0.2) is 48.6 Å². The Morgan fingerprint density at radius 1 is 1.36 bits per heavy atom. The fourth-order valence-corrected chi connectivity index (χ4v) is 3.81. The largest absolute Gasteiger partial charge is 0.287 e. The normalized spacial score (nSPS) is 25.6. The zero-order chi connectivity index (χ0) is 15.8. The molecule has 1 aliphatic carbocycles. The number of anilines is 1. The molecule has 22 heavy (non-hydrogen) atoms. The Hall–Kier alpha value is -2.10. The average molecular weight is 315 g/mol. The Morgan fingerprint density at radius 3 is 2.86 bits per heavy atom. The number of nitrogens with one attached hydrogen (secondary N) is 1. The smallest absolute Gasteiger partial charge is 0.228 e. The molecule has 114 valence electrons. The lowest BCUT2D eigenvalue weighted by Gasteiger charge is -2.35. The number of nitriles is 1. The second-order valence-corrected chi connectivity index (χ2v) is 7.44. The highest BCUT2D eigenvalue weighted by atomic mass is 32.2. The first-order valence-corrected chi connectivity index (χ1v) is 8.81. The molecule has 1 aromatic rings. The van der Waals surface area contributed by atoms with E-state index in [0.29, 0.717) is 6.42 Å². The van der Waals surface area contributed by atoms with Gasteiger partial charge in [-0.25, -0.2) is 8.42 Å². The van der Waals surface area contributed by atoms with Crippen molar-refractivity contribution < 1.29 is 8.42 Å². The lowest BCUT2D eigenvalue weighted by molar-refractivity contribution is 0.476. The number of fused-ring (bicyclic) bond motifs is 3. The van der Waals surface area contributed by atoms with E-state index in [0.717, 1.165) is 11.3 Å². The van der Waals surface area contributed by atoms with E-state index in [1.165, 1.54) is 0 Å². The minimum absolute atomic E-state index is 0.00317. The topological polar surface area (TPSA) is 73.2 Å². The van der Waals surface area contributed by atoms with E-state index in [1.807, 2.05) is 48.6 Å². The van der Waals surface area contributed by atoms with Crippen molar-refractivity contribution in [2.75, 3.05) is 10.8 Å². The highest BCUT2D eigenvalue weighted by Gasteiger charge is 2.49. The second kappa shape index (κ2) is 5.27. The third-order valence-corrected chi connectivity index (χ3v) is 5.49. The number of benzene rings is 1. The molecule has 6 heteroatoms. The van der Waals surface area contributed by atoms with E-state index in [9.17, 15) is 13.7 Å². The molecule has 0 bridgehead atoms. The third kappa shape index (κ3) is 2.14. The standard InChI is InChI=1S/C16H17N3O2S/c1-2-22(20,21)18-19-14-8-4-3-7-13(14)16(11-12-17)10-6-5-9-15(16)19/h3-10,15,18H,2,11H2,1H3/t15-,16+/m0/s1. The highest BCUT2D eigenvalue weighted by molar-refractivity contribution is 7.89. The summed E-state index contributed by atoms with van der Waals surface area (Å²) in [5.74, 6) is 0.00317. The Balaban J connectivity index is 2.16. The summed E-state index contributed by atoms with van der Waals surface area (Å²) in [6.07, 6.45) is 8.04. The van der Waals surface area contributed by atoms with Gasteiger partial charge in [0.1, 0.15) is 0 Å². The maximum atomic E-state index is 12.0. The van der Waals surface area contributed by atoms with Crippen LogP contribution in [0.4, 0.5) is 5.69 Å². The molecule has 2 atom stereocenters. The number of hydrogen-bond donors (Lipinski definition) is 1. The molecule has 3 rings (SSSR count). The lowest BCUT2D eigenvalue weighted by atomic mass is 9.72. The number of nitrogens with zero attached hydrogens (tertiary/aromatic N) is 2. The van der Waals surface area contributed by atoms with Crippen LogP contribution in [0.2, 0.25) is 0 Å². The molecule has 0 unspecified atom stereocenters. The fourth-order valence-electron chi connectivity index (χ4n) is 3.17. The van der Waals surface area contributed by atoms with E-state index in [4.69, 9.17) is 0 Å². The minimum Gasteiger partial charge on any atom is -0.287 e. The van der Waals surface area contributed by atoms with E-state index < -0.39 is 15.4 Å². The van der Waals surface area contributed by atoms with Crippen molar-refractivity contribution in [3.8, 4) is 6.07 Å². The Kier molecular flexibility index (Phi) is 3.55. The van der Waals surface area contributed by atoms with Gasteiger partial charge >= 0.3 is 0 Å². The Labute approximate surface area is 130 Å². The summed E-state index contributed by atoms with van der Waals surface area (Å²) in [5.41, 5.74) is 1.26. The second-order valence-electron chi connectivity index (χ2n) is 5.45. The van der Waals surface area contributed by atoms with Crippen LogP contribution in [0, 0.1) is 11.3 Å². The molecule has 0 fully saturated rings. The summed E-state index contributed by atoms with van der Waals surface area (Å²) < 4.78 is 24.1. The van der Waals surface area contributed by atoms with Crippen molar-refractivity contribution in [1.82, 2.24) is 4.83 Å². The fraction of sp³-hybridized carbons (Fsp3) is 0.312. The predicted octanol–water partition coefficient (Wildman–Crippen LogP) is 2.01. The molecule has 0 radical (unpaired) electrons. The van der Waals surface area contributed by atoms with Crippen molar-refractivity contribution >= 4 is 15.7 Å². The maximum absolute atomic E-state index is 12.0. The number of para-hydroxylation sites is 1. The number of hydrogen-bond acceptors (Lipinski definition) is 4. The molecule has 1 aliphatic heterocycles. The first kappa shape index (κ1) is 14.8. The van der Waals surface area contributed by atoms with Crippen molar-refractivity contribution in [1.29, 1.82) is 5.26 Å². The van der Waals surface area contributed by atoms with Gasteiger partial charge in [-0.1, -0.05) is 42.5 Å². The quantitative estimate of drug-likeness (QED) is 0.922. The summed E-state index contributed by atoms with van der Waals surface area (Å²) >= 11 is 0. The molecule has 0 spiro atoms. The van der Waals surface area contributed by atoms with Gasteiger partial charge in [0.25, 0.3) is 0 Å². The first-order chi connectivity index (χ1) is 10.5. The number of sulfonamides is 1. The molecule has 5 nitrogen and oxygen atoms in total. The predicted molar refractivity (Wildman–Crippen MR) is 85.5 cm³/mol. The number of rotatable bonds is 4. The minimum atomic E-state index is -3.40. The molecule has 0 saturated carbocycles. The van der Waals surface area contributed by atoms with Crippen LogP contribution in [0.25, 0.3) is 0 Å². The van der Waals surface area contributed by atoms with Gasteiger partial charge in [-0.3, -0.25) is 5.01 Å². The van der Waals surface area contributed by atoms with Gasteiger partial charge in [-0.2, -0.15) is 5.26 Å². The SMILES string of the molecule is CCS(=O)(=O)NN1c2ccccc2[C@]2(CC#N)C=CC=C[C@H]12. The van der Waals surface area contributed by atoms with Crippen LogP contribution in [0.1, 0.15) is 18.9 Å². The molecule has 1 N–H and O–H groups in total. The van der Waals surface area contributed by atoms with E-state index >= 15 is 0 Å². The van der Waals surface area contributed by atoms with Crippen molar-refractivity contribution in [2.45, 2.75) is 24.8 Å². The molecule has 2 aliphatic rings. The summed E-state index contributed by atoms with van der Waals surface area (Å²) in [5, 5.41) is 11.0. The van der Waals surface area contributed by atoms with E-state index in [2.05, 4.69) is 10.9 Å². The summed E-state index contributed by atoms with van der Waals surface area (Å²) in [7, 11) is -3.40. The molecule has 0 amide bonds. The Bertz CT molecular complexity index is 792. The van der Waals surface area contributed by atoms with Gasteiger partial charge in [0, 0.05) is 0 Å². The zero-order valence-corrected chi connectivity index (χ0v) is 13.0. The van der Waals surface area contributed by atoms with E-state index in [1.54, 1.807) is 11.9 Å². The number of allylic oxidation sites excluding steroid dienone is 2. The Morgan fingerprint density at radius 2 is 2.14 bits per heavy atom. The number of hydrazine groups is 1. The van der Waals surface area contributed by atoms with Crippen LogP contribution in [-0.4, -0.2) is 20.2 Å². The molecule has 0 aromatic heterocycles. The van der Waals surface area contributed by atoms with Crippen LogP contribution < -0.4 is 9.84 Å². The van der Waals surface area contributed by atoms with E-state index in [-0.39, 0.29) is 11.8 Å². The lowest BCUT2D eigenvalue weighted by Crippen LogP contribution is -2.52. The van der Waals surface area contributed by atoms with Crippen LogP contribution >= 0.6 is 0 Å². The van der Waals surface area contributed by atoms with Gasteiger partial charge < -0.3 is 0 Å². The summed E-state index contributed by atoms with van der Waals surface area (Å²) in [6, 6.07) is 9.64. The van der Waals surface area contributed by atoms with Crippen LogP contribution in [0.3, 0.4) is 0 Å². The first-order valence-electron chi connectivity index (χ1n) is 7.16. The maximum Gasteiger partial charge on any atom is 0.228 e.